The second-order valence-electron chi connectivity index (χ2n) is 9.33. The van der Waals surface area contributed by atoms with Gasteiger partial charge in [0.1, 0.15) is 22.8 Å². The van der Waals surface area contributed by atoms with Crippen molar-refractivity contribution in [3.05, 3.63) is 77.9 Å². The molecule has 4 aromatic rings. The fourth-order valence-electron chi connectivity index (χ4n) is 4.75. The van der Waals surface area contributed by atoms with Crippen molar-refractivity contribution in [3.8, 4) is 23.0 Å². The van der Waals surface area contributed by atoms with Gasteiger partial charge in [0.15, 0.2) is 23.1 Å². The van der Waals surface area contributed by atoms with E-state index in [-0.39, 0.29) is 17.9 Å². The number of nitrogens with zero attached hydrogens (tertiary/aromatic N) is 1. The summed E-state index contributed by atoms with van der Waals surface area (Å²) in [7, 11) is 4.70. The summed E-state index contributed by atoms with van der Waals surface area (Å²) in [6, 6.07) is 14.4. The lowest BCUT2D eigenvalue weighted by Gasteiger charge is -2.16. The summed E-state index contributed by atoms with van der Waals surface area (Å²) in [6.07, 6.45) is 0.167. The zero-order valence-corrected chi connectivity index (χ0v) is 21.9. The molecule has 3 aromatic carbocycles. The van der Waals surface area contributed by atoms with Gasteiger partial charge in [0, 0.05) is 42.2 Å². The molecular formula is C29H26F2N4O5. The van der Waals surface area contributed by atoms with Crippen LogP contribution in [0.4, 0.5) is 20.3 Å². The van der Waals surface area contributed by atoms with Crippen molar-refractivity contribution in [1.29, 1.82) is 0 Å². The number of pyridine rings is 1. The maximum atomic E-state index is 15.2. The number of fused-ring (bicyclic) bond motifs is 1. The summed E-state index contributed by atoms with van der Waals surface area (Å²) in [5, 5.41) is 6.08. The van der Waals surface area contributed by atoms with E-state index < -0.39 is 34.8 Å². The lowest BCUT2D eigenvalue weighted by atomic mass is 9.97. The number of halogens is 2. The van der Waals surface area contributed by atoms with Crippen molar-refractivity contribution < 1.29 is 32.6 Å². The fourth-order valence-corrected chi connectivity index (χ4v) is 4.75. The predicted octanol–water partition coefficient (Wildman–Crippen LogP) is 4.96. The normalized spacial score (nSPS) is 17.7. The Balaban J connectivity index is 1.40. The maximum Gasteiger partial charge on any atom is 0.240 e. The van der Waals surface area contributed by atoms with E-state index in [0.29, 0.717) is 39.5 Å². The third-order valence-corrected chi connectivity index (χ3v) is 7.02. The Morgan fingerprint density at radius 3 is 2.27 bits per heavy atom. The number of primary amides is 1. The molecule has 5 rings (SSSR count). The van der Waals surface area contributed by atoms with Crippen LogP contribution in [-0.4, -0.2) is 38.1 Å². The molecular weight excluding hydrogens is 522 g/mol. The fraction of sp³-hybridized carbons (Fsp3) is 0.207. The van der Waals surface area contributed by atoms with Crippen LogP contribution in [0.2, 0.25) is 0 Å². The summed E-state index contributed by atoms with van der Waals surface area (Å²) >= 11 is 0. The average Bonchev–Trinajstić information content (AvgIpc) is 3.71. The summed E-state index contributed by atoms with van der Waals surface area (Å²) in [5.41, 5.74) is 5.34. The number of benzene rings is 3. The number of hydrogen-bond donors (Lipinski definition) is 3. The van der Waals surface area contributed by atoms with Gasteiger partial charge < -0.3 is 30.6 Å². The third kappa shape index (κ3) is 4.70. The summed E-state index contributed by atoms with van der Waals surface area (Å²) in [4.78, 5) is 29.9. The molecule has 1 aromatic heterocycles. The van der Waals surface area contributed by atoms with Crippen LogP contribution in [0.1, 0.15) is 17.9 Å². The van der Waals surface area contributed by atoms with Gasteiger partial charge >= 0.3 is 0 Å². The Hall–Kier alpha value is -4.93. The third-order valence-electron chi connectivity index (χ3n) is 7.02. The van der Waals surface area contributed by atoms with Crippen LogP contribution in [0.25, 0.3) is 10.9 Å². The van der Waals surface area contributed by atoms with Crippen molar-refractivity contribution in [2.45, 2.75) is 12.3 Å². The van der Waals surface area contributed by atoms with Gasteiger partial charge in [-0.3, -0.25) is 9.59 Å². The molecule has 11 heteroatoms. The van der Waals surface area contributed by atoms with E-state index in [1.165, 1.54) is 50.6 Å². The number of carbonyl (C=O) groups excluding carboxylic acids is 2. The van der Waals surface area contributed by atoms with E-state index in [1.807, 2.05) is 0 Å². The molecule has 1 aliphatic rings. The number of nitrogens with one attached hydrogen (secondary N) is 2. The van der Waals surface area contributed by atoms with E-state index in [9.17, 15) is 14.0 Å². The van der Waals surface area contributed by atoms with Gasteiger partial charge in [-0.25, -0.2) is 13.8 Å². The summed E-state index contributed by atoms with van der Waals surface area (Å²) < 4.78 is 45.2. The van der Waals surface area contributed by atoms with E-state index in [1.54, 1.807) is 25.2 Å². The smallest absolute Gasteiger partial charge is 0.240 e. The zero-order valence-electron chi connectivity index (χ0n) is 21.9. The minimum absolute atomic E-state index is 0.109. The van der Waals surface area contributed by atoms with Crippen LogP contribution in [0.15, 0.2) is 60.7 Å². The Labute approximate surface area is 228 Å². The molecule has 1 heterocycles. The number of aromatic nitrogens is 1. The first-order chi connectivity index (χ1) is 19.2. The lowest BCUT2D eigenvalue weighted by molar-refractivity contribution is -0.132. The highest BCUT2D eigenvalue weighted by Gasteiger charge is 2.65. The molecule has 1 aliphatic carbocycles. The minimum atomic E-state index is -1.51. The minimum Gasteiger partial charge on any atom is -0.493 e. The van der Waals surface area contributed by atoms with Crippen molar-refractivity contribution >= 4 is 34.2 Å². The van der Waals surface area contributed by atoms with Gasteiger partial charge in [-0.1, -0.05) is 12.1 Å². The highest BCUT2D eigenvalue weighted by molar-refractivity contribution is 6.14. The number of rotatable bonds is 9. The first-order valence-corrected chi connectivity index (χ1v) is 12.3. The van der Waals surface area contributed by atoms with Gasteiger partial charge in [-0.05, 0) is 42.3 Å². The number of methoxy groups -OCH3 is 2. The number of nitrogens with two attached hydrogens (primary N) is 1. The van der Waals surface area contributed by atoms with Crippen LogP contribution in [-0.2, 0) is 9.59 Å². The van der Waals surface area contributed by atoms with Crippen LogP contribution >= 0.6 is 0 Å². The molecule has 206 valence electrons. The molecule has 1 fully saturated rings. The van der Waals surface area contributed by atoms with Gasteiger partial charge in [-0.15, -0.1) is 0 Å². The molecule has 0 saturated heterocycles. The van der Waals surface area contributed by atoms with Gasteiger partial charge in [0.2, 0.25) is 11.8 Å². The van der Waals surface area contributed by atoms with E-state index >= 15 is 4.39 Å². The predicted molar refractivity (Wildman–Crippen MR) is 145 cm³/mol. The molecule has 1 saturated carbocycles. The molecule has 0 bridgehead atoms. The molecule has 0 radical (unpaired) electrons. The molecule has 2 amide bonds. The highest BCUT2D eigenvalue weighted by atomic mass is 19.1. The van der Waals surface area contributed by atoms with Crippen molar-refractivity contribution in [2.75, 3.05) is 31.9 Å². The second kappa shape index (κ2) is 10.3. The Morgan fingerprint density at radius 2 is 1.65 bits per heavy atom. The van der Waals surface area contributed by atoms with Crippen LogP contribution < -0.4 is 30.6 Å². The first kappa shape index (κ1) is 26.7. The SMILES string of the molecule is CNc1cc(Oc2ccc(NC(=O)C3(C(N)=O)CC3c3ccc(F)cc3)cc2F)c2cc(OC)c(OC)cc2n1. The average molecular weight is 549 g/mol. The highest BCUT2D eigenvalue weighted by Crippen LogP contribution is 2.59. The van der Waals surface area contributed by atoms with Crippen molar-refractivity contribution in [3.63, 3.8) is 0 Å². The molecule has 9 nitrogen and oxygen atoms in total. The number of anilines is 2. The molecule has 4 N–H and O–H groups in total. The van der Waals surface area contributed by atoms with Crippen molar-refractivity contribution in [2.24, 2.45) is 11.1 Å². The topological polar surface area (TPSA) is 125 Å². The second-order valence-corrected chi connectivity index (χ2v) is 9.33. The monoisotopic (exact) mass is 548 g/mol. The van der Waals surface area contributed by atoms with Crippen LogP contribution in [0, 0.1) is 17.0 Å². The van der Waals surface area contributed by atoms with Crippen molar-refractivity contribution in [1.82, 2.24) is 4.98 Å². The summed E-state index contributed by atoms with van der Waals surface area (Å²) in [5.74, 6) is -1.57. The number of hydrogen-bond acceptors (Lipinski definition) is 7. The number of amides is 2. The molecule has 0 aliphatic heterocycles. The molecule has 0 spiro atoms. The molecule has 2 unspecified atom stereocenters. The standard InChI is InChI=1S/C29H26F2N4O5/c1-33-26-13-23(18-11-24(38-2)25(39-3)12-21(18)35-26)40-22-9-8-17(10-20(22)31)34-28(37)29(27(32)36)14-19(29)15-4-6-16(30)7-5-15/h4-13,19H,14H2,1-3H3,(H2,32,36)(H,33,35)(H,34,37). The Kier molecular flexibility index (Phi) is 6.88. The quantitative estimate of drug-likeness (QED) is 0.253. The number of ether oxygens (including phenoxy) is 3. The zero-order chi connectivity index (χ0) is 28.6. The molecule has 40 heavy (non-hydrogen) atoms. The maximum absolute atomic E-state index is 15.2. The van der Waals surface area contributed by atoms with E-state index in [2.05, 4.69) is 15.6 Å². The Bertz CT molecular complexity index is 1630. The van der Waals surface area contributed by atoms with Gasteiger partial charge in [0.25, 0.3) is 0 Å². The van der Waals surface area contributed by atoms with E-state index in [0.717, 1.165) is 6.07 Å². The largest absolute Gasteiger partial charge is 0.493 e. The Morgan fingerprint density at radius 1 is 0.950 bits per heavy atom. The van der Waals surface area contributed by atoms with Crippen LogP contribution in [0.5, 0.6) is 23.0 Å². The van der Waals surface area contributed by atoms with Crippen LogP contribution in [0.3, 0.4) is 0 Å². The van der Waals surface area contributed by atoms with E-state index in [4.69, 9.17) is 19.9 Å². The first-order valence-electron chi connectivity index (χ1n) is 12.3. The lowest BCUT2D eigenvalue weighted by Crippen LogP contribution is -2.37. The van der Waals surface area contributed by atoms with Gasteiger partial charge in [0.05, 0.1) is 19.7 Å². The number of carbonyl (C=O) groups is 2. The van der Waals surface area contributed by atoms with Gasteiger partial charge in [-0.2, -0.15) is 0 Å². The molecule has 2 atom stereocenters. The summed E-state index contributed by atoms with van der Waals surface area (Å²) in [6.45, 7) is 0.